The van der Waals surface area contributed by atoms with Crippen LogP contribution in [0.2, 0.25) is 0 Å². The average molecular weight is 251 g/mol. The number of hydrogen-bond donors (Lipinski definition) is 1. The first-order chi connectivity index (χ1) is 9.29. The summed E-state index contributed by atoms with van der Waals surface area (Å²) in [5, 5.41) is 2.69. The summed E-state index contributed by atoms with van der Waals surface area (Å²) in [5.74, 6) is 5.58. The van der Waals surface area contributed by atoms with Crippen molar-refractivity contribution in [3.8, 4) is 17.6 Å². The fourth-order valence-electron chi connectivity index (χ4n) is 1.55. The van der Waals surface area contributed by atoms with Crippen LogP contribution in [0.15, 0.2) is 54.6 Å². The van der Waals surface area contributed by atoms with Crippen LogP contribution < -0.4 is 10.1 Å². The molecule has 94 valence electrons. The van der Waals surface area contributed by atoms with Crippen molar-refractivity contribution < 1.29 is 9.53 Å². The summed E-state index contributed by atoms with van der Waals surface area (Å²) in [7, 11) is 1.56. The van der Waals surface area contributed by atoms with E-state index in [-0.39, 0.29) is 5.91 Å². The van der Waals surface area contributed by atoms with Crippen LogP contribution in [0.3, 0.4) is 0 Å². The highest BCUT2D eigenvalue weighted by Gasteiger charge is 2.03. The van der Waals surface area contributed by atoms with Gasteiger partial charge in [0.2, 0.25) is 0 Å². The molecule has 0 atom stereocenters. The monoisotopic (exact) mass is 251 g/mol. The summed E-state index contributed by atoms with van der Waals surface area (Å²) < 4.78 is 5.15. The van der Waals surface area contributed by atoms with E-state index in [1.807, 2.05) is 42.5 Å². The highest BCUT2D eigenvalue weighted by Crippen LogP contribution is 2.22. The minimum absolute atomic E-state index is 0.367. The van der Waals surface area contributed by atoms with Gasteiger partial charge < -0.3 is 10.1 Å². The number of nitrogens with one attached hydrogen (secondary N) is 1. The molecule has 0 heterocycles. The van der Waals surface area contributed by atoms with Gasteiger partial charge in [-0.2, -0.15) is 0 Å². The largest absolute Gasteiger partial charge is 0.495 e. The molecule has 19 heavy (non-hydrogen) atoms. The highest BCUT2D eigenvalue weighted by atomic mass is 16.5. The predicted octanol–water partition coefficient (Wildman–Crippen LogP) is 2.69. The van der Waals surface area contributed by atoms with Gasteiger partial charge >= 0.3 is 5.91 Å². The molecule has 0 aliphatic rings. The molecule has 2 rings (SSSR count). The van der Waals surface area contributed by atoms with Gasteiger partial charge in [0, 0.05) is 11.5 Å². The van der Waals surface area contributed by atoms with Crippen molar-refractivity contribution in [2.24, 2.45) is 0 Å². The molecule has 0 radical (unpaired) electrons. The summed E-state index contributed by atoms with van der Waals surface area (Å²) >= 11 is 0. The Hall–Kier alpha value is -2.73. The molecule has 0 saturated carbocycles. The SMILES string of the molecule is COc1ccccc1NC(=O)C#Cc1ccccc1. The summed E-state index contributed by atoms with van der Waals surface area (Å²) in [6, 6.07) is 16.6. The third-order valence-electron chi connectivity index (χ3n) is 2.45. The first-order valence-electron chi connectivity index (χ1n) is 5.80. The molecule has 3 heteroatoms. The second kappa shape index (κ2) is 6.27. The maximum absolute atomic E-state index is 11.7. The third-order valence-corrected chi connectivity index (χ3v) is 2.45. The first-order valence-corrected chi connectivity index (χ1v) is 5.80. The number of methoxy groups -OCH3 is 1. The van der Waals surface area contributed by atoms with Crippen LogP contribution >= 0.6 is 0 Å². The third kappa shape index (κ3) is 3.62. The molecular weight excluding hydrogens is 238 g/mol. The maximum atomic E-state index is 11.7. The zero-order chi connectivity index (χ0) is 13.5. The van der Waals surface area contributed by atoms with Crippen molar-refractivity contribution in [3.05, 3.63) is 60.2 Å². The number of ether oxygens (including phenoxy) is 1. The number of anilines is 1. The van der Waals surface area contributed by atoms with E-state index in [0.29, 0.717) is 11.4 Å². The van der Waals surface area contributed by atoms with Crippen LogP contribution in [0.4, 0.5) is 5.69 Å². The van der Waals surface area contributed by atoms with Crippen LogP contribution in [-0.4, -0.2) is 13.0 Å². The summed E-state index contributed by atoms with van der Waals surface area (Å²) in [4.78, 5) is 11.7. The molecule has 0 fully saturated rings. The molecule has 3 nitrogen and oxygen atoms in total. The molecule has 0 unspecified atom stereocenters. The van der Waals surface area contributed by atoms with Gasteiger partial charge in [0.15, 0.2) is 0 Å². The van der Waals surface area contributed by atoms with Gasteiger partial charge in [-0.15, -0.1) is 0 Å². The zero-order valence-corrected chi connectivity index (χ0v) is 10.5. The Morgan fingerprint density at radius 3 is 2.47 bits per heavy atom. The fourth-order valence-corrected chi connectivity index (χ4v) is 1.55. The van der Waals surface area contributed by atoms with E-state index < -0.39 is 0 Å². The Labute approximate surface area is 112 Å². The molecule has 0 spiro atoms. The van der Waals surface area contributed by atoms with Gasteiger partial charge in [-0.05, 0) is 24.3 Å². The summed E-state index contributed by atoms with van der Waals surface area (Å²) in [6.07, 6.45) is 0. The van der Waals surface area contributed by atoms with E-state index in [9.17, 15) is 4.79 Å². The highest BCUT2D eigenvalue weighted by molar-refractivity contribution is 6.05. The molecule has 0 saturated heterocycles. The fraction of sp³-hybridized carbons (Fsp3) is 0.0625. The number of benzene rings is 2. The molecular formula is C16H13NO2. The Bertz CT molecular complexity index is 624. The Morgan fingerprint density at radius 1 is 1.05 bits per heavy atom. The lowest BCUT2D eigenvalue weighted by Gasteiger charge is -2.06. The van der Waals surface area contributed by atoms with Crippen LogP contribution in [0, 0.1) is 11.8 Å². The zero-order valence-electron chi connectivity index (χ0n) is 10.5. The van der Waals surface area contributed by atoms with Crippen molar-refractivity contribution in [1.29, 1.82) is 0 Å². The second-order valence-electron chi connectivity index (χ2n) is 3.77. The molecule has 0 aliphatic heterocycles. The van der Waals surface area contributed by atoms with E-state index in [2.05, 4.69) is 17.2 Å². The number of carbonyl (C=O) groups excluding carboxylic acids is 1. The number of carbonyl (C=O) groups is 1. The number of para-hydroxylation sites is 2. The Morgan fingerprint density at radius 2 is 1.74 bits per heavy atom. The lowest BCUT2D eigenvalue weighted by atomic mass is 10.2. The lowest BCUT2D eigenvalue weighted by Crippen LogP contribution is -2.09. The first kappa shape index (κ1) is 12.7. The van der Waals surface area contributed by atoms with E-state index in [0.717, 1.165) is 5.56 Å². The number of amides is 1. The minimum atomic E-state index is -0.367. The Balaban J connectivity index is 2.08. The van der Waals surface area contributed by atoms with Gasteiger partial charge in [0.25, 0.3) is 0 Å². The van der Waals surface area contributed by atoms with Gasteiger partial charge in [-0.3, -0.25) is 4.79 Å². The molecule has 0 aliphatic carbocycles. The minimum Gasteiger partial charge on any atom is -0.495 e. The molecule has 2 aromatic carbocycles. The van der Waals surface area contributed by atoms with Crippen LogP contribution in [0.5, 0.6) is 5.75 Å². The molecule has 1 N–H and O–H groups in total. The van der Waals surface area contributed by atoms with E-state index in [1.165, 1.54) is 0 Å². The van der Waals surface area contributed by atoms with Crippen LogP contribution in [-0.2, 0) is 4.79 Å². The smallest absolute Gasteiger partial charge is 0.300 e. The standard InChI is InChI=1S/C16H13NO2/c1-19-15-10-6-5-9-14(15)17-16(18)12-11-13-7-3-2-4-8-13/h2-10H,1H3,(H,17,18). The summed E-state index contributed by atoms with van der Waals surface area (Å²) in [6.45, 7) is 0. The quantitative estimate of drug-likeness (QED) is 0.833. The van der Waals surface area contributed by atoms with Crippen LogP contribution in [0.25, 0.3) is 0 Å². The van der Waals surface area contributed by atoms with Crippen molar-refractivity contribution in [1.82, 2.24) is 0 Å². The molecule has 0 bridgehead atoms. The normalized spacial score (nSPS) is 9.11. The van der Waals surface area contributed by atoms with Gasteiger partial charge in [0.1, 0.15) is 5.75 Å². The van der Waals surface area contributed by atoms with Crippen molar-refractivity contribution in [2.75, 3.05) is 12.4 Å². The van der Waals surface area contributed by atoms with Crippen LogP contribution in [0.1, 0.15) is 5.56 Å². The topological polar surface area (TPSA) is 38.3 Å². The molecule has 1 amide bonds. The van der Waals surface area contributed by atoms with E-state index in [1.54, 1.807) is 19.2 Å². The Kier molecular flexibility index (Phi) is 4.20. The van der Waals surface area contributed by atoms with E-state index >= 15 is 0 Å². The predicted molar refractivity (Wildman–Crippen MR) is 74.9 cm³/mol. The summed E-state index contributed by atoms with van der Waals surface area (Å²) in [5.41, 5.74) is 1.41. The van der Waals surface area contributed by atoms with Crippen molar-refractivity contribution in [2.45, 2.75) is 0 Å². The second-order valence-corrected chi connectivity index (χ2v) is 3.77. The van der Waals surface area contributed by atoms with E-state index in [4.69, 9.17) is 4.74 Å². The molecule has 2 aromatic rings. The average Bonchev–Trinajstić information content (AvgIpc) is 2.47. The van der Waals surface area contributed by atoms with Gasteiger partial charge in [0.05, 0.1) is 12.8 Å². The number of rotatable bonds is 2. The molecule has 0 aromatic heterocycles. The van der Waals surface area contributed by atoms with Crippen molar-refractivity contribution >= 4 is 11.6 Å². The lowest BCUT2D eigenvalue weighted by molar-refractivity contribution is -0.111. The van der Waals surface area contributed by atoms with Gasteiger partial charge in [-0.25, -0.2) is 0 Å². The van der Waals surface area contributed by atoms with Gasteiger partial charge in [-0.1, -0.05) is 36.3 Å². The number of hydrogen-bond acceptors (Lipinski definition) is 2. The maximum Gasteiger partial charge on any atom is 0.300 e. The van der Waals surface area contributed by atoms with Crippen molar-refractivity contribution in [3.63, 3.8) is 0 Å².